The molecular formula is C19H15ClN4O3S. The van der Waals surface area contributed by atoms with Crippen LogP contribution in [0.15, 0.2) is 58.6 Å². The number of nitrogens with zero attached hydrogens (tertiary/aromatic N) is 3. The first-order valence-corrected chi connectivity index (χ1v) is 9.37. The Balaban J connectivity index is 1.73. The molecule has 0 saturated carbocycles. The van der Waals surface area contributed by atoms with Crippen molar-refractivity contribution in [3.05, 3.63) is 80.6 Å². The predicted molar refractivity (Wildman–Crippen MR) is 108 cm³/mol. The third-order valence-electron chi connectivity index (χ3n) is 3.69. The zero-order valence-corrected chi connectivity index (χ0v) is 16.5. The van der Waals surface area contributed by atoms with Crippen molar-refractivity contribution in [2.45, 2.75) is 23.9 Å². The van der Waals surface area contributed by atoms with Crippen LogP contribution in [-0.4, -0.2) is 20.8 Å². The molecule has 0 bridgehead atoms. The SMILES string of the molecule is Cc1cc(C)nc(Sc2ccc(NC(=O)c3cc([N+](=O)[O-])ccc3Cl)cc2)n1. The normalized spacial score (nSPS) is 10.5. The summed E-state index contributed by atoms with van der Waals surface area (Å²) in [5.41, 5.74) is 2.17. The number of halogens is 1. The molecular weight excluding hydrogens is 400 g/mol. The highest BCUT2D eigenvalue weighted by molar-refractivity contribution is 7.99. The smallest absolute Gasteiger partial charge is 0.270 e. The number of carbonyl (C=O) groups is 1. The monoisotopic (exact) mass is 414 g/mol. The van der Waals surface area contributed by atoms with Gasteiger partial charge in [0.25, 0.3) is 11.6 Å². The lowest BCUT2D eigenvalue weighted by Gasteiger charge is -2.08. The minimum atomic E-state index is -0.575. The Labute approximate surface area is 170 Å². The van der Waals surface area contributed by atoms with E-state index in [4.69, 9.17) is 11.6 Å². The molecule has 28 heavy (non-hydrogen) atoms. The van der Waals surface area contributed by atoms with Crippen molar-refractivity contribution in [2.24, 2.45) is 0 Å². The quantitative estimate of drug-likeness (QED) is 0.356. The average molecular weight is 415 g/mol. The van der Waals surface area contributed by atoms with E-state index in [9.17, 15) is 14.9 Å². The lowest BCUT2D eigenvalue weighted by Crippen LogP contribution is -2.12. The van der Waals surface area contributed by atoms with E-state index in [1.807, 2.05) is 32.0 Å². The topological polar surface area (TPSA) is 98.0 Å². The highest BCUT2D eigenvalue weighted by Crippen LogP contribution is 2.27. The molecule has 0 saturated heterocycles. The molecule has 0 aliphatic rings. The summed E-state index contributed by atoms with van der Waals surface area (Å²) in [6, 6.07) is 12.8. The van der Waals surface area contributed by atoms with Gasteiger partial charge in [-0.25, -0.2) is 9.97 Å². The number of hydrogen-bond donors (Lipinski definition) is 1. The first-order chi connectivity index (χ1) is 13.3. The van der Waals surface area contributed by atoms with Crippen LogP contribution in [0.25, 0.3) is 0 Å². The van der Waals surface area contributed by atoms with E-state index in [1.165, 1.54) is 23.9 Å². The van der Waals surface area contributed by atoms with Gasteiger partial charge in [-0.3, -0.25) is 14.9 Å². The summed E-state index contributed by atoms with van der Waals surface area (Å²) in [5, 5.41) is 14.4. The number of hydrogen-bond acceptors (Lipinski definition) is 6. The second-order valence-corrected chi connectivity index (χ2v) is 7.38. The number of carbonyl (C=O) groups excluding carboxylic acids is 1. The molecule has 0 aliphatic carbocycles. The number of aryl methyl sites for hydroxylation is 2. The molecule has 2 aromatic carbocycles. The number of benzene rings is 2. The molecule has 142 valence electrons. The van der Waals surface area contributed by atoms with Crippen LogP contribution in [0.4, 0.5) is 11.4 Å². The van der Waals surface area contributed by atoms with Crippen molar-refractivity contribution >= 4 is 40.6 Å². The lowest BCUT2D eigenvalue weighted by molar-refractivity contribution is -0.384. The van der Waals surface area contributed by atoms with Crippen molar-refractivity contribution in [1.29, 1.82) is 0 Å². The summed E-state index contributed by atoms with van der Waals surface area (Å²) >= 11 is 7.42. The maximum atomic E-state index is 12.4. The number of aromatic nitrogens is 2. The van der Waals surface area contributed by atoms with Gasteiger partial charge in [0.05, 0.1) is 15.5 Å². The van der Waals surface area contributed by atoms with Gasteiger partial charge >= 0.3 is 0 Å². The number of nitrogens with one attached hydrogen (secondary N) is 1. The Bertz CT molecular complexity index is 1040. The Hall–Kier alpha value is -2.97. The maximum Gasteiger partial charge on any atom is 0.270 e. The van der Waals surface area contributed by atoms with Crippen LogP contribution in [0.3, 0.4) is 0 Å². The number of nitro groups is 1. The lowest BCUT2D eigenvalue weighted by atomic mass is 10.2. The summed E-state index contributed by atoms with van der Waals surface area (Å²) in [7, 11) is 0. The molecule has 0 spiro atoms. The van der Waals surface area contributed by atoms with Gasteiger partial charge < -0.3 is 5.32 Å². The van der Waals surface area contributed by atoms with E-state index >= 15 is 0 Å². The highest BCUT2D eigenvalue weighted by atomic mass is 35.5. The summed E-state index contributed by atoms with van der Waals surface area (Å²) in [4.78, 5) is 32.4. The van der Waals surface area contributed by atoms with E-state index in [2.05, 4.69) is 15.3 Å². The molecule has 1 amide bonds. The largest absolute Gasteiger partial charge is 0.322 e. The highest BCUT2D eigenvalue weighted by Gasteiger charge is 2.16. The van der Waals surface area contributed by atoms with E-state index < -0.39 is 10.8 Å². The Kier molecular flexibility index (Phi) is 5.91. The fraction of sp³-hybridized carbons (Fsp3) is 0.105. The summed E-state index contributed by atoms with van der Waals surface area (Å²) < 4.78 is 0. The minimum Gasteiger partial charge on any atom is -0.322 e. The first-order valence-electron chi connectivity index (χ1n) is 8.17. The zero-order chi connectivity index (χ0) is 20.3. The average Bonchev–Trinajstić information content (AvgIpc) is 2.62. The molecule has 1 heterocycles. The number of anilines is 1. The van der Waals surface area contributed by atoms with Crippen LogP contribution in [0.2, 0.25) is 5.02 Å². The van der Waals surface area contributed by atoms with Crippen LogP contribution in [0.1, 0.15) is 21.7 Å². The van der Waals surface area contributed by atoms with Gasteiger partial charge in [0.1, 0.15) is 0 Å². The first kappa shape index (κ1) is 19.8. The Morgan fingerprint density at radius 3 is 2.32 bits per heavy atom. The van der Waals surface area contributed by atoms with Gasteiger partial charge in [-0.15, -0.1) is 0 Å². The van der Waals surface area contributed by atoms with Crippen LogP contribution < -0.4 is 5.32 Å². The van der Waals surface area contributed by atoms with Crippen LogP contribution in [-0.2, 0) is 0 Å². The summed E-state index contributed by atoms with van der Waals surface area (Å²) in [5.74, 6) is -0.522. The van der Waals surface area contributed by atoms with Gasteiger partial charge in [-0.2, -0.15) is 0 Å². The van der Waals surface area contributed by atoms with Gasteiger partial charge in [-0.1, -0.05) is 11.6 Å². The summed E-state index contributed by atoms with van der Waals surface area (Å²) in [6.07, 6.45) is 0. The minimum absolute atomic E-state index is 0.0398. The van der Waals surface area contributed by atoms with Gasteiger partial charge in [0, 0.05) is 34.1 Å². The molecule has 0 radical (unpaired) electrons. The van der Waals surface area contributed by atoms with Crippen molar-refractivity contribution < 1.29 is 9.72 Å². The fourth-order valence-corrected chi connectivity index (χ4v) is 3.52. The molecule has 0 fully saturated rings. The van der Waals surface area contributed by atoms with E-state index in [0.29, 0.717) is 10.8 Å². The van der Waals surface area contributed by atoms with E-state index in [0.717, 1.165) is 22.3 Å². The number of amides is 1. The van der Waals surface area contributed by atoms with Gasteiger partial charge in [0.15, 0.2) is 5.16 Å². The molecule has 9 heteroatoms. The van der Waals surface area contributed by atoms with Gasteiger partial charge in [0.2, 0.25) is 0 Å². The Morgan fingerprint density at radius 2 is 1.71 bits per heavy atom. The molecule has 1 N–H and O–H groups in total. The van der Waals surface area contributed by atoms with Gasteiger partial charge in [-0.05, 0) is 62.0 Å². The molecule has 0 aliphatic heterocycles. The molecule has 3 rings (SSSR count). The number of non-ortho nitro benzene ring substituents is 1. The molecule has 0 unspecified atom stereocenters. The van der Waals surface area contributed by atoms with Crippen molar-refractivity contribution in [3.63, 3.8) is 0 Å². The standard InChI is InChI=1S/C19H15ClN4O3S/c1-11-9-12(2)22-19(21-11)28-15-6-3-13(4-7-15)23-18(25)16-10-14(24(26)27)5-8-17(16)20/h3-10H,1-2H3,(H,23,25). The van der Waals surface area contributed by atoms with Crippen LogP contribution in [0.5, 0.6) is 0 Å². The van der Waals surface area contributed by atoms with Crippen LogP contribution in [0, 0.1) is 24.0 Å². The maximum absolute atomic E-state index is 12.4. The fourth-order valence-electron chi connectivity index (χ4n) is 2.45. The number of rotatable bonds is 5. The molecule has 1 aromatic heterocycles. The predicted octanol–water partition coefficient (Wildman–Crippen LogP) is 5.06. The second kappa shape index (κ2) is 8.37. The summed E-state index contributed by atoms with van der Waals surface area (Å²) in [6.45, 7) is 3.83. The van der Waals surface area contributed by atoms with Crippen LogP contribution >= 0.6 is 23.4 Å². The van der Waals surface area contributed by atoms with E-state index in [1.54, 1.807) is 12.1 Å². The number of nitro benzene ring substituents is 1. The molecule has 0 atom stereocenters. The van der Waals surface area contributed by atoms with Crippen molar-refractivity contribution in [1.82, 2.24) is 9.97 Å². The molecule has 3 aromatic rings. The van der Waals surface area contributed by atoms with E-state index in [-0.39, 0.29) is 16.3 Å². The zero-order valence-electron chi connectivity index (χ0n) is 15.0. The third-order valence-corrected chi connectivity index (χ3v) is 4.89. The second-order valence-electron chi connectivity index (χ2n) is 5.94. The Morgan fingerprint density at radius 1 is 1.07 bits per heavy atom. The van der Waals surface area contributed by atoms with Crippen molar-refractivity contribution in [2.75, 3.05) is 5.32 Å². The molecule has 7 nitrogen and oxygen atoms in total. The third kappa shape index (κ3) is 4.85. The van der Waals surface area contributed by atoms with Crippen molar-refractivity contribution in [3.8, 4) is 0 Å².